The summed E-state index contributed by atoms with van der Waals surface area (Å²) in [6.07, 6.45) is -3.71. The number of aliphatic hydroxyl groups excluding tert-OH is 1. The SMILES string of the molecule is OCc1cc(-c2ccccc2)c(C(F)(F)F)cn1. The van der Waals surface area contributed by atoms with Crippen molar-refractivity contribution in [3.8, 4) is 11.1 Å². The van der Waals surface area contributed by atoms with Gasteiger partial charge in [-0.3, -0.25) is 4.98 Å². The third-order valence-corrected chi connectivity index (χ3v) is 2.51. The smallest absolute Gasteiger partial charge is 0.390 e. The number of benzene rings is 1. The number of rotatable bonds is 2. The molecule has 0 saturated carbocycles. The average molecular weight is 253 g/mol. The molecule has 1 heterocycles. The van der Waals surface area contributed by atoms with E-state index in [-0.39, 0.29) is 11.3 Å². The predicted octanol–water partition coefficient (Wildman–Crippen LogP) is 3.26. The lowest BCUT2D eigenvalue weighted by Crippen LogP contribution is -2.09. The molecule has 0 aliphatic rings. The van der Waals surface area contributed by atoms with E-state index < -0.39 is 18.3 Å². The summed E-state index contributed by atoms with van der Waals surface area (Å²) in [4.78, 5) is 3.58. The molecule has 1 aromatic heterocycles. The Morgan fingerprint density at radius 1 is 1.11 bits per heavy atom. The van der Waals surface area contributed by atoms with Crippen LogP contribution in [-0.2, 0) is 12.8 Å². The Kier molecular flexibility index (Phi) is 3.34. The molecule has 1 N–H and O–H groups in total. The fourth-order valence-electron chi connectivity index (χ4n) is 1.67. The van der Waals surface area contributed by atoms with Gasteiger partial charge >= 0.3 is 6.18 Å². The molecule has 2 nitrogen and oxygen atoms in total. The highest BCUT2D eigenvalue weighted by Gasteiger charge is 2.34. The highest BCUT2D eigenvalue weighted by Crippen LogP contribution is 2.36. The molecular weight excluding hydrogens is 243 g/mol. The molecule has 0 aliphatic carbocycles. The second-order valence-electron chi connectivity index (χ2n) is 3.74. The van der Waals surface area contributed by atoms with Crippen molar-refractivity contribution in [3.63, 3.8) is 0 Å². The number of aliphatic hydroxyl groups is 1. The minimum absolute atomic E-state index is 0.0298. The number of hydrogen-bond acceptors (Lipinski definition) is 2. The number of hydrogen-bond donors (Lipinski definition) is 1. The van der Waals surface area contributed by atoms with E-state index in [9.17, 15) is 13.2 Å². The van der Waals surface area contributed by atoms with Crippen LogP contribution >= 0.6 is 0 Å². The maximum Gasteiger partial charge on any atom is 0.418 e. The minimum atomic E-state index is -4.47. The molecule has 0 spiro atoms. The number of aromatic nitrogens is 1. The van der Waals surface area contributed by atoms with Crippen molar-refractivity contribution in [1.82, 2.24) is 4.98 Å². The fourth-order valence-corrected chi connectivity index (χ4v) is 1.67. The summed E-state index contributed by atoms with van der Waals surface area (Å²) in [6.45, 7) is -0.391. The Bertz CT molecular complexity index is 538. The molecule has 0 aliphatic heterocycles. The van der Waals surface area contributed by atoms with Gasteiger partial charge in [-0.25, -0.2) is 0 Å². The quantitative estimate of drug-likeness (QED) is 0.891. The highest BCUT2D eigenvalue weighted by molar-refractivity contribution is 5.67. The van der Waals surface area contributed by atoms with Crippen LogP contribution in [0.15, 0.2) is 42.6 Å². The van der Waals surface area contributed by atoms with Crippen LogP contribution in [-0.4, -0.2) is 10.1 Å². The van der Waals surface area contributed by atoms with Gasteiger partial charge in [-0.1, -0.05) is 30.3 Å². The lowest BCUT2D eigenvalue weighted by atomic mass is 10.0. The molecule has 94 valence electrons. The summed E-state index contributed by atoms with van der Waals surface area (Å²) >= 11 is 0. The Morgan fingerprint density at radius 2 is 1.78 bits per heavy atom. The van der Waals surface area contributed by atoms with E-state index in [1.54, 1.807) is 30.3 Å². The largest absolute Gasteiger partial charge is 0.418 e. The monoisotopic (exact) mass is 253 g/mol. The summed E-state index contributed by atoms with van der Waals surface area (Å²) in [5, 5.41) is 8.96. The van der Waals surface area contributed by atoms with Gasteiger partial charge < -0.3 is 5.11 Å². The third kappa shape index (κ3) is 2.51. The molecule has 0 amide bonds. The van der Waals surface area contributed by atoms with Crippen LogP contribution in [0.25, 0.3) is 11.1 Å². The number of halogens is 3. The van der Waals surface area contributed by atoms with E-state index in [2.05, 4.69) is 4.98 Å². The summed E-state index contributed by atoms with van der Waals surface area (Å²) in [7, 11) is 0. The highest BCUT2D eigenvalue weighted by atomic mass is 19.4. The average Bonchev–Trinajstić information content (AvgIpc) is 2.38. The van der Waals surface area contributed by atoms with Crippen molar-refractivity contribution in [2.45, 2.75) is 12.8 Å². The predicted molar refractivity (Wildman–Crippen MR) is 60.6 cm³/mol. The van der Waals surface area contributed by atoms with Crippen molar-refractivity contribution in [1.29, 1.82) is 0 Å². The minimum Gasteiger partial charge on any atom is -0.390 e. The Labute approximate surface area is 102 Å². The molecule has 5 heteroatoms. The van der Waals surface area contributed by atoms with Gasteiger partial charge in [0.25, 0.3) is 0 Å². The van der Waals surface area contributed by atoms with E-state index in [0.717, 1.165) is 6.20 Å². The van der Waals surface area contributed by atoms with Crippen LogP contribution in [0.4, 0.5) is 13.2 Å². The van der Waals surface area contributed by atoms with Crippen LogP contribution in [0.5, 0.6) is 0 Å². The zero-order valence-electron chi connectivity index (χ0n) is 9.28. The normalized spacial score (nSPS) is 11.6. The zero-order valence-corrected chi connectivity index (χ0v) is 9.28. The second-order valence-corrected chi connectivity index (χ2v) is 3.74. The molecule has 0 unspecified atom stereocenters. The van der Waals surface area contributed by atoms with E-state index in [1.807, 2.05) is 0 Å². The van der Waals surface area contributed by atoms with Crippen molar-refractivity contribution in [2.75, 3.05) is 0 Å². The second kappa shape index (κ2) is 4.78. The molecule has 0 radical (unpaired) electrons. The number of alkyl halides is 3. The summed E-state index contributed by atoms with van der Waals surface area (Å²) in [5.41, 5.74) is -0.114. The van der Waals surface area contributed by atoms with Crippen LogP contribution < -0.4 is 0 Å². The van der Waals surface area contributed by atoms with E-state index in [1.165, 1.54) is 6.07 Å². The van der Waals surface area contributed by atoms with Crippen molar-refractivity contribution >= 4 is 0 Å². The molecule has 0 atom stereocenters. The summed E-state index contributed by atoms with van der Waals surface area (Å²) in [6, 6.07) is 9.49. The van der Waals surface area contributed by atoms with Gasteiger partial charge in [0, 0.05) is 6.20 Å². The molecule has 0 fully saturated rings. The first-order valence-electron chi connectivity index (χ1n) is 5.25. The molecule has 1 aromatic carbocycles. The van der Waals surface area contributed by atoms with Crippen LogP contribution in [0.3, 0.4) is 0 Å². The van der Waals surface area contributed by atoms with Crippen LogP contribution in [0, 0.1) is 0 Å². The molecule has 18 heavy (non-hydrogen) atoms. The Morgan fingerprint density at radius 3 is 2.33 bits per heavy atom. The molecule has 0 saturated heterocycles. The van der Waals surface area contributed by atoms with Gasteiger partial charge in [0.2, 0.25) is 0 Å². The first kappa shape index (κ1) is 12.6. The van der Waals surface area contributed by atoms with Crippen LogP contribution in [0.2, 0.25) is 0 Å². The lowest BCUT2D eigenvalue weighted by Gasteiger charge is -2.13. The number of pyridine rings is 1. The van der Waals surface area contributed by atoms with Gasteiger partial charge in [0.15, 0.2) is 0 Å². The van der Waals surface area contributed by atoms with Gasteiger partial charge in [0.05, 0.1) is 17.9 Å². The maximum absolute atomic E-state index is 12.9. The van der Waals surface area contributed by atoms with E-state index in [0.29, 0.717) is 5.56 Å². The van der Waals surface area contributed by atoms with E-state index in [4.69, 9.17) is 5.11 Å². The van der Waals surface area contributed by atoms with Crippen molar-refractivity contribution < 1.29 is 18.3 Å². The maximum atomic E-state index is 12.9. The molecule has 2 aromatic rings. The first-order chi connectivity index (χ1) is 8.52. The standard InChI is InChI=1S/C13H10F3NO/c14-13(15,16)12-7-17-10(8-18)6-11(12)9-4-2-1-3-5-9/h1-7,18H,8H2. The first-order valence-corrected chi connectivity index (χ1v) is 5.25. The summed E-state index contributed by atoms with van der Waals surface area (Å²) in [5.74, 6) is 0. The third-order valence-electron chi connectivity index (χ3n) is 2.51. The lowest BCUT2D eigenvalue weighted by molar-refractivity contribution is -0.137. The Hall–Kier alpha value is -1.88. The van der Waals surface area contributed by atoms with Gasteiger partial charge in [-0.2, -0.15) is 13.2 Å². The topological polar surface area (TPSA) is 33.1 Å². The number of nitrogens with zero attached hydrogens (tertiary/aromatic N) is 1. The van der Waals surface area contributed by atoms with E-state index >= 15 is 0 Å². The summed E-state index contributed by atoms with van der Waals surface area (Å²) < 4.78 is 38.6. The van der Waals surface area contributed by atoms with Gasteiger partial charge in [-0.15, -0.1) is 0 Å². The van der Waals surface area contributed by atoms with Crippen molar-refractivity contribution in [2.24, 2.45) is 0 Å². The van der Waals surface area contributed by atoms with Gasteiger partial charge in [0.1, 0.15) is 0 Å². The molecule has 2 rings (SSSR count). The van der Waals surface area contributed by atoms with Crippen molar-refractivity contribution in [3.05, 3.63) is 53.9 Å². The molecular formula is C13H10F3NO. The Balaban J connectivity index is 2.62. The van der Waals surface area contributed by atoms with Crippen LogP contribution in [0.1, 0.15) is 11.3 Å². The zero-order chi connectivity index (χ0) is 13.2. The fraction of sp³-hybridized carbons (Fsp3) is 0.154. The molecule has 0 bridgehead atoms. The van der Waals surface area contributed by atoms with Gasteiger partial charge in [-0.05, 0) is 17.2 Å².